The van der Waals surface area contributed by atoms with Crippen LogP contribution in [-0.4, -0.2) is 15.1 Å². The van der Waals surface area contributed by atoms with Gasteiger partial charge < -0.3 is 5.11 Å². The smallest absolute Gasteiger partial charge is 0.205 e. The van der Waals surface area contributed by atoms with E-state index in [-0.39, 0.29) is 0 Å². The van der Waals surface area contributed by atoms with Gasteiger partial charge in [0.15, 0.2) is 0 Å². The highest BCUT2D eigenvalue weighted by Crippen LogP contribution is 2.37. The van der Waals surface area contributed by atoms with E-state index < -0.39 is 5.60 Å². The fourth-order valence-electron chi connectivity index (χ4n) is 2.18. The van der Waals surface area contributed by atoms with Crippen molar-refractivity contribution in [1.29, 1.82) is 0 Å². The predicted octanol–water partition coefficient (Wildman–Crippen LogP) is 4.67. The molecule has 2 heterocycles. The van der Waals surface area contributed by atoms with Crippen molar-refractivity contribution in [1.82, 2.24) is 9.97 Å². The molecule has 0 aliphatic rings. The minimum absolute atomic E-state index is 0.398. The maximum Gasteiger partial charge on any atom is 0.205 e. The van der Waals surface area contributed by atoms with Crippen LogP contribution in [0.5, 0.6) is 0 Å². The first-order valence-electron chi connectivity index (χ1n) is 6.79. The Kier molecular flexibility index (Phi) is 4.14. The number of hydrogen-bond acceptors (Lipinski definition) is 4. The SMILES string of the molecule is [C-]#[N+]c1ccc(-c2ncc(C(C)(O)c3ccncc3)s2)cc1Cl. The van der Waals surface area contributed by atoms with Crippen molar-refractivity contribution in [2.45, 2.75) is 12.5 Å². The molecule has 23 heavy (non-hydrogen) atoms. The number of benzene rings is 1. The van der Waals surface area contributed by atoms with Crippen LogP contribution < -0.4 is 0 Å². The molecule has 2 aromatic heterocycles. The van der Waals surface area contributed by atoms with Gasteiger partial charge in [0.25, 0.3) is 0 Å². The van der Waals surface area contributed by atoms with Gasteiger partial charge in [0, 0.05) is 29.2 Å². The van der Waals surface area contributed by atoms with E-state index >= 15 is 0 Å². The molecule has 0 saturated carbocycles. The van der Waals surface area contributed by atoms with Gasteiger partial charge in [-0.1, -0.05) is 23.7 Å². The third kappa shape index (κ3) is 2.97. The second-order valence-corrected chi connectivity index (χ2v) is 6.55. The van der Waals surface area contributed by atoms with Gasteiger partial charge in [-0.05, 0) is 30.7 Å². The van der Waals surface area contributed by atoms with Crippen molar-refractivity contribution in [2.24, 2.45) is 0 Å². The molecule has 1 unspecified atom stereocenters. The van der Waals surface area contributed by atoms with Gasteiger partial charge in [-0.25, -0.2) is 9.83 Å². The molecule has 0 radical (unpaired) electrons. The summed E-state index contributed by atoms with van der Waals surface area (Å²) in [5.74, 6) is 0. The lowest BCUT2D eigenvalue weighted by Gasteiger charge is -2.21. The molecule has 0 amide bonds. The number of halogens is 1. The normalized spacial score (nSPS) is 13.3. The van der Waals surface area contributed by atoms with Gasteiger partial charge in [0.05, 0.1) is 11.4 Å². The molecule has 0 bridgehead atoms. The lowest BCUT2D eigenvalue weighted by Crippen LogP contribution is -2.21. The molecule has 0 fully saturated rings. The van der Waals surface area contributed by atoms with E-state index in [2.05, 4.69) is 14.8 Å². The number of rotatable bonds is 3. The van der Waals surface area contributed by atoms with Crippen LogP contribution in [0.2, 0.25) is 5.02 Å². The highest BCUT2D eigenvalue weighted by molar-refractivity contribution is 7.15. The van der Waals surface area contributed by atoms with E-state index in [0.717, 1.165) is 21.0 Å². The number of thiazole rings is 1. The van der Waals surface area contributed by atoms with Crippen molar-refractivity contribution in [3.05, 3.63) is 75.8 Å². The Balaban J connectivity index is 1.98. The summed E-state index contributed by atoms with van der Waals surface area (Å²) in [6, 6.07) is 8.76. The van der Waals surface area contributed by atoms with Gasteiger partial charge in [-0.15, -0.1) is 11.3 Å². The highest BCUT2D eigenvalue weighted by Gasteiger charge is 2.28. The van der Waals surface area contributed by atoms with Crippen LogP contribution in [-0.2, 0) is 5.60 Å². The summed E-state index contributed by atoms with van der Waals surface area (Å²) in [7, 11) is 0. The zero-order chi connectivity index (χ0) is 16.4. The van der Waals surface area contributed by atoms with Gasteiger partial charge in [-0.2, -0.15) is 0 Å². The quantitative estimate of drug-likeness (QED) is 0.704. The van der Waals surface area contributed by atoms with Gasteiger partial charge >= 0.3 is 0 Å². The topological polar surface area (TPSA) is 50.4 Å². The maximum atomic E-state index is 10.8. The number of aliphatic hydroxyl groups is 1. The molecule has 1 N–H and O–H groups in total. The molecule has 114 valence electrons. The van der Waals surface area contributed by atoms with Crippen LogP contribution in [0.15, 0.2) is 48.9 Å². The Morgan fingerprint density at radius 1 is 1.26 bits per heavy atom. The zero-order valence-electron chi connectivity index (χ0n) is 12.2. The Morgan fingerprint density at radius 3 is 2.65 bits per heavy atom. The van der Waals surface area contributed by atoms with Crippen LogP contribution in [0.4, 0.5) is 5.69 Å². The minimum Gasteiger partial charge on any atom is -0.380 e. The summed E-state index contributed by atoms with van der Waals surface area (Å²) in [6.07, 6.45) is 4.96. The molecule has 0 saturated heterocycles. The van der Waals surface area contributed by atoms with Gasteiger partial charge in [0.2, 0.25) is 5.69 Å². The first kappa shape index (κ1) is 15.6. The minimum atomic E-state index is -1.14. The second-order valence-electron chi connectivity index (χ2n) is 5.12. The molecule has 0 spiro atoms. The van der Waals surface area contributed by atoms with E-state index in [0.29, 0.717) is 10.7 Å². The van der Waals surface area contributed by atoms with Crippen LogP contribution in [0, 0.1) is 6.57 Å². The van der Waals surface area contributed by atoms with E-state index in [9.17, 15) is 5.11 Å². The number of hydrogen-bond donors (Lipinski definition) is 1. The average Bonchev–Trinajstić information content (AvgIpc) is 3.06. The molecule has 4 nitrogen and oxygen atoms in total. The van der Waals surface area contributed by atoms with Crippen LogP contribution in [0.3, 0.4) is 0 Å². The van der Waals surface area contributed by atoms with Crippen molar-refractivity contribution < 1.29 is 5.11 Å². The first-order chi connectivity index (χ1) is 11.0. The molecular weight excluding hydrogens is 330 g/mol. The van der Waals surface area contributed by atoms with Crippen LogP contribution in [0.1, 0.15) is 17.4 Å². The van der Waals surface area contributed by atoms with E-state index in [1.807, 2.05) is 6.07 Å². The van der Waals surface area contributed by atoms with E-state index in [1.165, 1.54) is 11.3 Å². The molecule has 0 aliphatic carbocycles. The average molecular weight is 342 g/mol. The Labute approximate surface area is 142 Å². The van der Waals surface area contributed by atoms with E-state index in [4.69, 9.17) is 18.2 Å². The van der Waals surface area contributed by atoms with Crippen LogP contribution >= 0.6 is 22.9 Å². The first-order valence-corrected chi connectivity index (χ1v) is 7.98. The summed E-state index contributed by atoms with van der Waals surface area (Å²) in [5, 5.41) is 12.0. The summed E-state index contributed by atoms with van der Waals surface area (Å²) in [5.41, 5.74) is 0.850. The van der Waals surface area contributed by atoms with Crippen LogP contribution in [0.25, 0.3) is 15.4 Å². The van der Waals surface area contributed by atoms with Crippen molar-refractivity contribution >= 4 is 28.6 Å². The summed E-state index contributed by atoms with van der Waals surface area (Å²) < 4.78 is 0. The fourth-order valence-corrected chi connectivity index (χ4v) is 3.39. The third-order valence-electron chi connectivity index (χ3n) is 3.54. The summed E-state index contributed by atoms with van der Waals surface area (Å²) >= 11 is 7.47. The largest absolute Gasteiger partial charge is 0.380 e. The molecule has 0 aliphatic heterocycles. The van der Waals surface area contributed by atoms with Gasteiger partial charge in [-0.3, -0.25) is 4.98 Å². The second kappa shape index (κ2) is 6.09. The summed E-state index contributed by atoms with van der Waals surface area (Å²) in [4.78, 5) is 12.4. The molecule has 6 heteroatoms. The van der Waals surface area contributed by atoms with Crippen molar-refractivity contribution in [3.8, 4) is 10.6 Å². The Hall–Kier alpha value is -2.26. The molecular formula is C17H12ClN3OS. The standard InChI is InChI=1S/C17H12ClN3OS/c1-17(22,12-5-7-20-8-6-12)15-10-21-16(23-15)11-3-4-14(19-2)13(18)9-11/h3-10,22H,1H3. The predicted molar refractivity (Wildman–Crippen MR) is 91.7 cm³/mol. The van der Waals surface area contributed by atoms with Crippen molar-refractivity contribution in [2.75, 3.05) is 0 Å². The number of nitrogens with zero attached hydrogens (tertiary/aromatic N) is 3. The third-order valence-corrected chi connectivity index (χ3v) is 5.10. The maximum absolute atomic E-state index is 10.8. The lowest BCUT2D eigenvalue weighted by molar-refractivity contribution is 0.106. The van der Waals surface area contributed by atoms with Gasteiger partial charge in [0.1, 0.15) is 10.6 Å². The molecule has 1 atom stereocenters. The van der Waals surface area contributed by atoms with E-state index in [1.54, 1.807) is 49.8 Å². The number of aromatic nitrogens is 2. The fraction of sp³-hybridized carbons (Fsp3) is 0.118. The van der Waals surface area contributed by atoms with Crippen molar-refractivity contribution in [3.63, 3.8) is 0 Å². The molecule has 1 aromatic carbocycles. The highest BCUT2D eigenvalue weighted by atomic mass is 35.5. The monoisotopic (exact) mass is 341 g/mol. The Bertz CT molecular complexity index is 884. The number of pyridine rings is 1. The zero-order valence-corrected chi connectivity index (χ0v) is 13.8. The summed E-state index contributed by atoms with van der Waals surface area (Å²) in [6.45, 7) is 8.76. The molecule has 3 aromatic rings. The molecule has 3 rings (SSSR count). The Morgan fingerprint density at radius 2 is 2.00 bits per heavy atom. The lowest BCUT2D eigenvalue weighted by atomic mass is 9.96.